The highest BCUT2D eigenvalue weighted by Gasteiger charge is 2.25. The van der Waals surface area contributed by atoms with Crippen molar-refractivity contribution < 1.29 is 0 Å². The van der Waals surface area contributed by atoms with Crippen molar-refractivity contribution in [3.05, 3.63) is 11.3 Å². The fourth-order valence-electron chi connectivity index (χ4n) is 2.70. The van der Waals surface area contributed by atoms with Crippen LogP contribution in [0.5, 0.6) is 0 Å². The van der Waals surface area contributed by atoms with Crippen LogP contribution in [0, 0.1) is 0 Å². The maximum Gasteiger partial charge on any atom is 0.153 e. The smallest absolute Gasteiger partial charge is 0.153 e. The first kappa shape index (κ1) is 9.21. The molecule has 2 aliphatic rings. The number of nitrogens with two attached hydrogens (primary N) is 1. The van der Waals surface area contributed by atoms with Gasteiger partial charge in [0.2, 0.25) is 0 Å². The quantitative estimate of drug-likeness (QED) is 0.715. The van der Waals surface area contributed by atoms with E-state index in [1.54, 1.807) is 0 Å². The molecule has 4 nitrogen and oxygen atoms in total. The number of hydrogen-bond donors (Lipinski definition) is 2. The molecule has 3 rings (SSSR count). The normalized spacial score (nSPS) is 25.7. The van der Waals surface area contributed by atoms with Gasteiger partial charge in [0.1, 0.15) is 0 Å². The van der Waals surface area contributed by atoms with Crippen molar-refractivity contribution in [1.82, 2.24) is 10.2 Å². The molecule has 1 atom stereocenters. The third-order valence-corrected chi connectivity index (χ3v) is 3.56. The van der Waals surface area contributed by atoms with Gasteiger partial charge in [-0.3, -0.25) is 5.10 Å². The summed E-state index contributed by atoms with van der Waals surface area (Å²) in [6.45, 7) is 2.04. The summed E-state index contributed by atoms with van der Waals surface area (Å²) in [5.74, 6) is 1.18. The number of fused-ring (bicyclic) bond motifs is 1. The van der Waals surface area contributed by atoms with E-state index in [2.05, 4.69) is 15.1 Å². The topological polar surface area (TPSA) is 57.9 Å². The van der Waals surface area contributed by atoms with E-state index < -0.39 is 0 Å². The van der Waals surface area contributed by atoms with Gasteiger partial charge in [-0.1, -0.05) is 0 Å². The van der Waals surface area contributed by atoms with E-state index >= 15 is 0 Å². The second-order valence-corrected chi connectivity index (χ2v) is 4.71. The molecule has 0 aromatic carbocycles. The summed E-state index contributed by atoms with van der Waals surface area (Å²) < 4.78 is 0. The lowest BCUT2D eigenvalue weighted by molar-refractivity contribution is 0.674. The molecular formula is C11H18N4. The van der Waals surface area contributed by atoms with Gasteiger partial charge in [0.25, 0.3) is 0 Å². The van der Waals surface area contributed by atoms with Crippen molar-refractivity contribution in [2.75, 3.05) is 18.0 Å². The van der Waals surface area contributed by atoms with Gasteiger partial charge in [-0.05, 0) is 32.1 Å². The van der Waals surface area contributed by atoms with Crippen molar-refractivity contribution in [2.45, 2.75) is 38.1 Å². The number of nitrogens with zero attached hydrogens (tertiary/aromatic N) is 2. The molecule has 1 aliphatic heterocycles. The zero-order valence-electron chi connectivity index (χ0n) is 9.00. The van der Waals surface area contributed by atoms with Gasteiger partial charge in [0.15, 0.2) is 5.82 Å². The van der Waals surface area contributed by atoms with E-state index in [-0.39, 0.29) is 0 Å². The number of H-pyrrole nitrogens is 1. The van der Waals surface area contributed by atoms with Crippen LogP contribution in [0.4, 0.5) is 5.82 Å². The average Bonchev–Trinajstić information content (AvgIpc) is 2.83. The molecular weight excluding hydrogens is 188 g/mol. The van der Waals surface area contributed by atoms with Crippen molar-refractivity contribution >= 4 is 5.82 Å². The highest BCUT2D eigenvalue weighted by molar-refractivity contribution is 5.51. The zero-order valence-corrected chi connectivity index (χ0v) is 9.00. The van der Waals surface area contributed by atoms with Gasteiger partial charge in [0.05, 0.1) is 0 Å². The molecule has 15 heavy (non-hydrogen) atoms. The van der Waals surface area contributed by atoms with Crippen LogP contribution >= 0.6 is 0 Å². The van der Waals surface area contributed by atoms with Crippen LogP contribution in [0.15, 0.2) is 0 Å². The maximum atomic E-state index is 5.93. The number of aromatic amines is 1. The number of aryl methyl sites for hydroxylation is 1. The highest BCUT2D eigenvalue weighted by Crippen LogP contribution is 2.29. The Hall–Kier alpha value is -1.03. The van der Waals surface area contributed by atoms with Gasteiger partial charge < -0.3 is 10.6 Å². The molecule has 1 aromatic heterocycles. The molecule has 4 heteroatoms. The van der Waals surface area contributed by atoms with E-state index in [0.717, 1.165) is 19.5 Å². The summed E-state index contributed by atoms with van der Waals surface area (Å²) in [5, 5.41) is 7.65. The molecule has 82 valence electrons. The Morgan fingerprint density at radius 3 is 3.00 bits per heavy atom. The van der Waals surface area contributed by atoms with Crippen LogP contribution in [-0.2, 0) is 12.8 Å². The van der Waals surface area contributed by atoms with E-state index in [1.165, 1.54) is 42.8 Å². The minimum atomic E-state index is 0.334. The lowest BCUT2D eigenvalue weighted by Gasteiger charge is -2.18. The first-order chi connectivity index (χ1) is 7.34. The Morgan fingerprint density at radius 1 is 1.33 bits per heavy atom. The van der Waals surface area contributed by atoms with Gasteiger partial charge in [0, 0.05) is 30.4 Å². The lowest BCUT2D eigenvalue weighted by Crippen LogP contribution is -2.27. The van der Waals surface area contributed by atoms with Crippen LogP contribution in [0.3, 0.4) is 0 Å². The highest BCUT2D eigenvalue weighted by atomic mass is 15.3. The Kier molecular flexibility index (Phi) is 2.16. The molecule has 2 heterocycles. The molecule has 1 fully saturated rings. The summed E-state index contributed by atoms with van der Waals surface area (Å²) in [7, 11) is 0. The standard InChI is InChI=1S/C11H18N4/c12-8-5-6-15(7-8)11-9-3-1-2-4-10(9)13-14-11/h8H,1-7,12H2,(H,13,14). The van der Waals surface area contributed by atoms with Gasteiger partial charge in [-0.2, -0.15) is 5.10 Å². The van der Waals surface area contributed by atoms with Crippen molar-refractivity contribution in [1.29, 1.82) is 0 Å². The third kappa shape index (κ3) is 1.53. The monoisotopic (exact) mass is 206 g/mol. The molecule has 0 saturated carbocycles. The predicted molar refractivity (Wildman–Crippen MR) is 60.0 cm³/mol. The number of nitrogens with one attached hydrogen (secondary N) is 1. The van der Waals surface area contributed by atoms with Gasteiger partial charge >= 0.3 is 0 Å². The van der Waals surface area contributed by atoms with E-state index in [0.29, 0.717) is 6.04 Å². The molecule has 1 aromatic rings. The second-order valence-electron chi connectivity index (χ2n) is 4.71. The first-order valence-corrected chi connectivity index (χ1v) is 5.91. The van der Waals surface area contributed by atoms with Gasteiger partial charge in [-0.25, -0.2) is 0 Å². The summed E-state index contributed by atoms with van der Waals surface area (Å²) in [5.41, 5.74) is 8.74. The summed E-state index contributed by atoms with van der Waals surface area (Å²) >= 11 is 0. The summed E-state index contributed by atoms with van der Waals surface area (Å²) in [6.07, 6.45) is 6.06. The van der Waals surface area contributed by atoms with Crippen molar-refractivity contribution in [2.24, 2.45) is 5.73 Å². The number of anilines is 1. The fraction of sp³-hybridized carbons (Fsp3) is 0.727. The van der Waals surface area contributed by atoms with Crippen LogP contribution in [0.1, 0.15) is 30.5 Å². The van der Waals surface area contributed by atoms with Gasteiger partial charge in [-0.15, -0.1) is 0 Å². The molecule has 0 amide bonds. The first-order valence-electron chi connectivity index (χ1n) is 5.91. The number of aromatic nitrogens is 2. The number of rotatable bonds is 1. The molecule has 0 spiro atoms. The summed E-state index contributed by atoms with van der Waals surface area (Å²) in [4.78, 5) is 2.34. The minimum Gasteiger partial charge on any atom is -0.353 e. The van der Waals surface area contributed by atoms with Crippen LogP contribution in [-0.4, -0.2) is 29.3 Å². The molecule has 0 bridgehead atoms. The Labute approximate surface area is 89.8 Å². The largest absolute Gasteiger partial charge is 0.353 e. The van der Waals surface area contributed by atoms with E-state index in [9.17, 15) is 0 Å². The van der Waals surface area contributed by atoms with Crippen LogP contribution in [0.2, 0.25) is 0 Å². The average molecular weight is 206 g/mol. The second kappa shape index (κ2) is 3.52. The summed E-state index contributed by atoms with van der Waals surface area (Å²) in [6, 6.07) is 0.334. The van der Waals surface area contributed by atoms with E-state index in [1.807, 2.05) is 0 Å². The fourth-order valence-corrected chi connectivity index (χ4v) is 2.70. The predicted octanol–water partition coefficient (Wildman–Crippen LogP) is 0.826. The molecule has 1 saturated heterocycles. The van der Waals surface area contributed by atoms with Crippen molar-refractivity contribution in [3.8, 4) is 0 Å². The van der Waals surface area contributed by atoms with Crippen molar-refractivity contribution in [3.63, 3.8) is 0 Å². The molecule has 1 unspecified atom stereocenters. The minimum absolute atomic E-state index is 0.334. The Bertz CT molecular complexity index is 357. The SMILES string of the molecule is NC1CCN(c2n[nH]c3c2CCCC3)C1. The zero-order chi connectivity index (χ0) is 10.3. The number of hydrogen-bond acceptors (Lipinski definition) is 3. The molecule has 1 aliphatic carbocycles. The van der Waals surface area contributed by atoms with E-state index in [4.69, 9.17) is 5.73 Å². The molecule has 3 N–H and O–H groups in total. The third-order valence-electron chi connectivity index (χ3n) is 3.56. The maximum absolute atomic E-state index is 5.93. The van der Waals surface area contributed by atoms with Crippen LogP contribution < -0.4 is 10.6 Å². The van der Waals surface area contributed by atoms with Crippen LogP contribution in [0.25, 0.3) is 0 Å². The lowest BCUT2D eigenvalue weighted by atomic mass is 9.97. The Balaban J connectivity index is 1.88. The Morgan fingerprint density at radius 2 is 2.20 bits per heavy atom. The molecule has 0 radical (unpaired) electrons.